The highest BCUT2D eigenvalue weighted by Crippen LogP contribution is 2.40. The Balaban J connectivity index is 0.877. The molecule has 0 radical (unpaired) electrons. The summed E-state index contributed by atoms with van der Waals surface area (Å²) in [7, 11) is 0. The van der Waals surface area contributed by atoms with Gasteiger partial charge < -0.3 is 4.90 Å². The Morgan fingerprint density at radius 2 is 0.793 bits per heavy atom. The fraction of sp³-hybridized carbons (Fsp3) is 0. The van der Waals surface area contributed by atoms with Crippen molar-refractivity contribution in [2.45, 2.75) is 0 Å². The molecule has 0 saturated heterocycles. The van der Waals surface area contributed by atoms with Gasteiger partial charge in [0.05, 0.1) is 10.2 Å². The number of rotatable bonds is 7. The first-order valence-electron chi connectivity index (χ1n) is 19.7. The van der Waals surface area contributed by atoms with E-state index >= 15 is 0 Å². The molecular formula is C55H36N2S. The van der Waals surface area contributed by atoms with E-state index in [1.54, 1.807) is 11.3 Å². The van der Waals surface area contributed by atoms with Crippen LogP contribution in [0.25, 0.3) is 86.5 Å². The predicted molar refractivity (Wildman–Crippen MR) is 249 cm³/mol. The molecule has 58 heavy (non-hydrogen) atoms. The molecule has 11 aromatic rings. The summed E-state index contributed by atoms with van der Waals surface area (Å²) in [6.07, 6.45) is 0. The number of hydrogen-bond acceptors (Lipinski definition) is 3. The molecule has 272 valence electrons. The minimum Gasteiger partial charge on any atom is -0.311 e. The first kappa shape index (κ1) is 34.0. The molecule has 0 amide bonds. The number of anilines is 3. The fourth-order valence-electron chi connectivity index (χ4n) is 8.26. The number of nitrogens with zero attached hydrogens (tertiary/aromatic N) is 2. The van der Waals surface area contributed by atoms with Crippen molar-refractivity contribution < 1.29 is 0 Å². The molecule has 0 aliphatic heterocycles. The molecule has 0 spiro atoms. The lowest BCUT2D eigenvalue weighted by atomic mass is 9.96. The second kappa shape index (κ2) is 14.3. The minimum atomic E-state index is 1.05. The number of fused-ring (bicyclic) bond motifs is 6. The topological polar surface area (TPSA) is 16.1 Å². The van der Waals surface area contributed by atoms with E-state index in [4.69, 9.17) is 4.98 Å². The molecule has 10 aromatic carbocycles. The molecule has 1 heterocycles. The molecule has 0 fully saturated rings. The predicted octanol–water partition coefficient (Wildman–Crippen LogP) is 15.9. The van der Waals surface area contributed by atoms with Gasteiger partial charge in [0.25, 0.3) is 0 Å². The Hall–Kier alpha value is -7.33. The second-order valence-electron chi connectivity index (χ2n) is 14.8. The quantitative estimate of drug-likeness (QED) is 0.151. The SMILES string of the molecule is c1ccc(-c2nc3ccc4c5cc(-c6ccc(-c7ccc(N(c8ccccc8)c8ccc(-c9ccc%10ccccc%10c9)cc8)cc7)cc6)ccc5ccc4c3s2)cc1. The third-order valence-corrected chi connectivity index (χ3v) is 12.4. The highest BCUT2D eigenvalue weighted by atomic mass is 32.1. The van der Waals surface area contributed by atoms with Crippen LogP contribution in [0, 0.1) is 0 Å². The zero-order chi connectivity index (χ0) is 38.4. The Morgan fingerprint density at radius 3 is 1.47 bits per heavy atom. The zero-order valence-electron chi connectivity index (χ0n) is 31.6. The molecule has 3 heteroatoms. The van der Waals surface area contributed by atoms with E-state index in [0.717, 1.165) is 33.1 Å². The van der Waals surface area contributed by atoms with Crippen LogP contribution in [0.2, 0.25) is 0 Å². The first-order chi connectivity index (χ1) is 28.7. The number of thiazole rings is 1. The minimum absolute atomic E-state index is 1.05. The highest BCUT2D eigenvalue weighted by Gasteiger charge is 2.15. The third kappa shape index (κ3) is 6.19. The summed E-state index contributed by atoms with van der Waals surface area (Å²) in [5.74, 6) is 0. The molecule has 0 aliphatic carbocycles. The maximum absolute atomic E-state index is 4.99. The largest absolute Gasteiger partial charge is 0.311 e. The number of benzene rings is 10. The van der Waals surface area contributed by atoms with Gasteiger partial charge in [0.15, 0.2) is 0 Å². The number of hydrogen-bond donors (Lipinski definition) is 0. The van der Waals surface area contributed by atoms with Crippen LogP contribution in [-0.2, 0) is 0 Å². The molecule has 0 N–H and O–H groups in total. The van der Waals surface area contributed by atoms with Gasteiger partial charge in [-0.3, -0.25) is 0 Å². The van der Waals surface area contributed by atoms with Crippen LogP contribution in [0.15, 0.2) is 218 Å². The van der Waals surface area contributed by atoms with E-state index in [9.17, 15) is 0 Å². The Bertz CT molecular complexity index is 3240. The molecule has 0 atom stereocenters. The number of aromatic nitrogens is 1. The lowest BCUT2D eigenvalue weighted by Crippen LogP contribution is -2.09. The monoisotopic (exact) mass is 756 g/mol. The van der Waals surface area contributed by atoms with Gasteiger partial charge in [-0.25, -0.2) is 4.98 Å². The van der Waals surface area contributed by atoms with Crippen molar-refractivity contribution in [1.29, 1.82) is 0 Å². The average Bonchev–Trinajstić information content (AvgIpc) is 3.75. The normalized spacial score (nSPS) is 11.4. The van der Waals surface area contributed by atoms with Crippen molar-refractivity contribution in [3.8, 4) is 44.0 Å². The Labute approximate surface area is 341 Å². The molecule has 11 rings (SSSR count). The van der Waals surface area contributed by atoms with Crippen molar-refractivity contribution in [3.05, 3.63) is 218 Å². The summed E-state index contributed by atoms with van der Waals surface area (Å²) >= 11 is 1.77. The average molecular weight is 757 g/mol. The van der Waals surface area contributed by atoms with Crippen molar-refractivity contribution in [2.75, 3.05) is 4.90 Å². The molecule has 2 nitrogen and oxygen atoms in total. The maximum Gasteiger partial charge on any atom is 0.124 e. The van der Waals surface area contributed by atoms with Crippen LogP contribution >= 0.6 is 11.3 Å². The van der Waals surface area contributed by atoms with Gasteiger partial charge in [-0.05, 0) is 115 Å². The van der Waals surface area contributed by atoms with E-state index in [2.05, 4.69) is 223 Å². The van der Waals surface area contributed by atoms with Crippen molar-refractivity contribution in [1.82, 2.24) is 4.98 Å². The molecule has 0 aliphatic rings. The van der Waals surface area contributed by atoms with Gasteiger partial charge >= 0.3 is 0 Å². The summed E-state index contributed by atoms with van der Waals surface area (Å²) in [5, 5.41) is 8.59. The van der Waals surface area contributed by atoms with Crippen LogP contribution in [0.1, 0.15) is 0 Å². The van der Waals surface area contributed by atoms with Gasteiger partial charge in [0.1, 0.15) is 5.01 Å². The smallest absolute Gasteiger partial charge is 0.124 e. The van der Waals surface area contributed by atoms with E-state index < -0.39 is 0 Å². The summed E-state index contributed by atoms with van der Waals surface area (Å²) in [4.78, 5) is 7.31. The van der Waals surface area contributed by atoms with E-state index in [0.29, 0.717) is 0 Å². The van der Waals surface area contributed by atoms with Crippen LogP contribution < -0.4 is 4.90 Å². The van der Waals surface area contributed by atoms with Crippen LogP contribution in [0.4, 0.5) is 17.1 Å². The van der Waals surface area contributed by atoms with E-state index in [1.807, 2.05) is 0 Å². The van der Waals surface area contributed by atoms with Gasteiger partial charge in [0, 0.05) is 28.0 Å². The van der Waals surface area contributed by atoms with Gasteiger partial charge in [-0.1, -0.05) is 164 Å². The number of para-hydroxylation sites is 1. The standard InChI is InChI=1S/C55H36N2S/c1-3-10-43(11-4-1)55-56-53-34-33-50-51(54(53)58-55)32-27-42-20-22-46(36-52(42)50)40-17-15-38(16-18-40)39-23-28-48(29-24-39)57(47-13-5-2-6-14-47)49-30-25-41(26-31-49)45-21-19-37-9-7-8-12-44(37)35-45/h1-36H. The third-order valence-electron chi connectivity index (χ3n) is 11.3. The maximum atomic E-state index is 4.99. The summed E-state index contributed by atoms with van der Waals surface area (Å²) in [5.41, 5.74) is 12.8. The van der Waals surface area contributed by atoms with E-state index in [-0.39, 0.29) is 0 Å². The summed E-state index contributed by atoms with van der Waals surface area (Å²) in [6, 6.07) is 78.8. The Kier molecular flexibility index (Phi) is 8.38. The fourth-order valence-corrected chi connectivity index (χ4v) is 9.36. The molecular weight excluding hydrogens is 721 g/mol. The van der Waals surface area contributed by atoms with Crippen molar-refractivity contribution in [3.63, 3.8) is 0 Å². The van der Waals surface area contributed by atoms with Crippen LogP contribution in [0.5, 0.6) is 0 Å². The van der Waals surface area contributed by atoms with E-state index in [1.165, 1.54) is 70.4 Å². The van der Waals surface area contributed by atoms with Crippen molar-refractivity contribution in [2.24, 2.45) is 0 Å². The van der Waals surface area contributed by atoms with Crippen LogP contribution in [-0.4, -0.2) is 4.98 Å². The molecule has 0 bridgehead atoms. The molecule has 0 unspecified atom stereocenters. The lowest BCUT2D eigenvalue weighted by Gasteiger charge is -2.26. The van der Waals surface area contributed by atoms with Gasteiger partial charge in [-0.15, -0.1) is 11.3 Å². The highest BCUT2D eigenvalue weighted by molar-refractivity contribution is 7.22. The summed E-state index contributed by atoms with van der Waals surface area (Å²) in [6.45, 7) is 0. The zero-order valence-corrected chi connectivity index (χ0v) is 32.4. The van der Waals surface area contributed by atoms with Gasteiger partial charge in [-0.2, -0.15) is 0 Å². The Morgan fingerprint density at radius 1 is 0.310 bits per heavy atom. The van der Waals surface area contributed by atoms with Gasteiger partial charge in [0.2, 0.25) is 0 Å². The molecule has 0 saturated carbocycles. The van der Waals surface area contributed by atoms with Crippen molar-refractivity contribution >= 4 is 70.9 Å². The lowest BCUT2D eigenvalue weighted by molar-refractivity contribution is 1.28. The van der Waals surface area contributed by atoms with Crippen LogP contribution in [0.3, 0.4) is 0 Å². The second-order valence-corrected chi connectivity index (χ2v) is 15.8. The summed E-state index contributed by atoms with van der Waals surface area (Å²) < 4.78 is 1.24. The first-order valence-corrected chi connectivity index (χ1v) is 20.5. The molecule has 1 aromatic heterocycles.